The molecule has 35 heavy (non-hydrogen) atoms. The lowest BCUT2D eigenvalue weighted by atomic mass is 9.63. The standard InChI is InChI=1S/C27H32O8/c1-2-19-13-17-5-3-6-20(14-17)27(19)33-26(34-35-27)12-4-7-22(16-26)31-25(29)30-21-10-8-18-9-11-24(28)32-23(18)15-21/h8-11,15,17,19-20,22H,2-7,12-14,16H2,1H3. The van der Waals surface area contributed by atoms with Crippen molar-refractivity contribution in [3.05, 3.63) is 40.8 Å². The predicted molar refractivity (Wildman–Crippen MR) is 124 cm³/mol. The van der Waals surface area contributed by atoms with Crippen LogP contribution in [0.2, 0.25) is 0 Å². The Morgan fingerprint density at radius 2 is 1.97 bits per heavy atom. The van der Waals surface area contributed by atoms with Crippen LogP contribution in [0.5, 0.6) is 5.75 Å². The van der Waals surface area contributed by atoms with E-state index in [1.807, 2.05) is 0 Å². The van der Waals surface area contributed by atoms with Crippen molar-refractivity contribution in [2.75, 3.05) is 0 Å². The Bertz CT molecular complexity index is 1160. The highest BCUT2D eigenvalue weighted by molar-refractivity contribution is 5.78. The molecule has 6 atom stereocenters. The van der Waals surface area contributed by atoms with Crippen molar-refractivity contribution in [3.8, 4) is 5.75 Å². The Hall–Kier alpha value is -2.42. The van der Waals surface area contributed by atoms with Gasteiger partial charge in [-0.15, -0.1) is 0 Å². The second-order valence-electron chi connectivity index (χ2n) is 10.6. The van der Waals surface area contributed by atoms with E-state index in [0.717, 1.165) is 43.4 Å². The number of hydrogen-bond donors (Lipinski definition) is 0. The SMILES string of the molecule is CCC1CC2CCCC(C2)C12OOC1(CCCC(OC(=O)Oc3ccc4ccc(=O)oc4c3)C1)O2. The van der Waals surface area contributed by atoms with Gasteiger partial charge in [0.15, 0.2) is 0 Å². The topological polar surface area (TPSA) is 93.4 Å². The summed E-state index contributed by atoms with van der Waals surface area (Å²) >= 11 is 0. The molecule has 2 aromatic rings. The second kappa shape index (κ2) is 8.91. The zero-order chi connectivity index (χ0) is 24.0. The molecule has 3 saturated carbocycles. The molecule has 0 amide bonds. The molecule has 2 spiro atoms. The van der Waals surface area contributed by atoms with Gasteiger partial charge in [-0.3, -0.25) is 0 Å². The van der Waals surface area contributed by atoms with Crippen LogP contribution in [0, 0.1) is 17.8 Å². The Morgan fingerprint density at radius 3 is 2.86 bits per heavy atom. The van der Waals surface area contributed by atoms with E-state index in [-0.39, 0.29) is 5.75 Å². The lowest BCUT2D eigenvalue weighted by molar-refractivity contribution is -0.382. The highest BCUT2D eigenvalue weighted by atomic mass is 17.3. The average molecular weight is 485 g/mol. The van der Waals surface area contributed by atoms with E-state index >= 15 is 0 Å². The molecule has 6 rings (SSSR count). The normalized spacial score (nSPS) is 36.5. The number of benzene rings is 1. The Labute approximate surface area is 203 Å². The van der Waals surface area contributed by atoms with E-state index in [1.165, 1.54) is 25.0 Å². The van der Waals surface area contributed by atoms with Crippen molar-refractivity contribution in [2.45, 2.75) is 88.8 Å². The highest BCUT2D eigenvalue weighted by Gasteiger charge is 2.63. The maximum atomic E-state index is 12.6. The molecule has 1 aromatic heterocycles. The molecule has 6 unspecified atom stereocenters. The second-order valence-corrected chi connectivity index (χ2v) is 10.6. The summed E-state index contributed by atoms with van der Waals surface area (Å²) in [5.74, 6) is 0.0750. The molecule has 0 radical (unpaired) electrons. The van der Waals surface area contributed by atoms with Crippen molar-refractivity contribution < 1.29 is 33.2 Å². The van der Waals surface area contributed by atoms with E-state index in [0.29, 0.717) is 36.7 Å². The Morgan fingerprint density at radius 1 is 1.09 bits per heavy atom. The van der Waals surface area contributed by atoms with Crippen molar-refractivity contribution in [2.24, 2.45) is 17.8 Å². The van der Waals surface area contributed by atoms with Crippen molar-refractivity contribution in [1.29, 1.82) is 0 Å². The summed E-state index contributed by atoms with van der Waals surface area (Å²) < 4.78 is 23.0. The van der Waals surface area contributed by atoms with Crippen LogP contribution in [0.3, 0.4) is 0 Å². The molecule has 0 N–H and O–H groups in total. The minimum absolute atomic E-state index is 0.248. The molecular formula is C27H32O8. The predicted octanol–water partition coefficient (Wildman–Crippen LogP) is 5.86. The monoisotopic (exact) mass is 484 g/mol. The van der Waals surface area contributed by atoms with Crippen LogP contribution in [-0.2, 0) is 19.2 Å². The van der Waals surface area contributed by atoms with E-state index in [1.54, 1.807) is 18.2 Å². The fourth-order valence-corrected chi connectivity index (χ4v) is 6.77. The van der Waals surface area contributed by atoms with Gasteiger partial charge in [-0.2, -0.15) is 9.78 Å². The molecule has 8 heteroatoms. The Kier molecular flexibility index (Phi) is 5.86. The summed E-state index contributed by atoms with van der Waals surface area (Å²) in [5.41, 5.74) is -0.120. The van der Waals surface area contributed by atoms with Gasteiger partial charge >= 0.3 is 11.8 Å². The van der Waals surface area contributed by atoms with Crippen molar-refractivity contribution >= 4 is 17.1 Å². The third-order valence-electron chi connectivity index (χ3n) is 8.38. The maximum absolute atomic E-state index is 12.6. The molecular weight excluding hydrogens is 452 g/mol. The first-order valence-electron chi connectivity index (χ1n) is 13.0. The molecule has 188 valence electrons. The first-order chi connectivity index (χ1) is 17.0. The summed E-state index contributed by atoms with van der Waals surface area (Å²) in [5, 5.41) is 0.737. The van der Waals surface area contributed by atoms with E-state index in [2.05, 4.69) is 6.92 Å². The van der Waals surface area contributed by atoms with Gasteiger partial charge in [0.05, 0.1) is 0 Å². The van der Waals surface area contributed by atoms with Crippen LogP contribution in [0.4, 0.5) is 4.79 Å². The number of hydrogen-bond acceptors (Lipinski definition) is 8. The minimum Gasteiger partial charge on any atom is -0.430 e. The highest BCUT2D eigenvalue weighted by Crippen LogP contribution is 2.58. The van der Waals surface area contributed by atoms with Crippen LogP contribution >= 0.6 is 0 Å². The summed E-state index contributed by atoms with van der Waals surface area (Å²) in [6.45, 7) is 2.20. The molecule has 8 nitrogen and oxygen atoms in total. The quantitative estimate of drug-likeness (QED) is 0.232. The molecule has 4 aliphatic rings. The number of rotatable bonds is 3. The summed E-state index contributed by atoms with van der Waals surface area (Å²) in [4.78, 5) is 36.2. The number of fused-ring (bicyclic) bond motifs is 4. The third kappa shape index (κ3) is 4.26. The van der Waals surface area contributed by atoms with Crippen LogP contribution in [0.25, 0.3) is 11.0 Å². The number of carbonyl (C=O) groups is 1. The van der Waals surface area contributed by atoms with E-state index in [9.17, 15) is 9.59 Å². The van der Waals surface area contributed by atoms with Gasteiger partial charge in [0, 0.05) is 42.2 Å². The number of carbonyl (C=O) groups excluding carboxylic acids is 1. The van der Waals surface area contributed by atoms with Crippen LogP contribution in [-0.4, -0.2) is 23.8 Å². The largest absolute Gasteiger partial charge is 0.514 e. The van der Waals surface area contributed by atoms with Gasteiger partial charge in [0.1, 0.15) is 17.4 Å². The van der Waals surface area contributed by atoms with Crippen LogP contribution in [0.1, 0.15) is 71.1 Å². The lowest BCUT2D eigenvalue weighted by Crippen LogP contribution is -2.54. The number of ether oxygens (including phenoxy) is 3. The zero-order valence-electron chi connectivity index (χ0n) is 20.0. The summed E-state index contributed by atoms with van der Waals surface area (Å²) in [6, 6.07) is 7.87. The zero-order valence-corrected chi connectivity index (χ0v) is 20.0. The molecule has 1 saturated heterocycles. The van der Waals surface area contributed by atoms with Gasteiger partial charge in [0.25, 0.3) is 0 Å². The fraction of sp³-hybridized carbons (Fsp3) is 0.630. The summed E-state index contributed by atoms with van der Waals surface area (Å²) in [6.07, 6.45) is 8.25. The lowest BCUT2D eigenvalue weighted by Gasteiger charge is -2.49. The van der Waals surface area contributed by atoms with Crippen LogP contribution < -0.4 is 10.4 Å². The first kappa shape index (κ1) is 23.0. The molecule has 1 aromatic carbocycles. The van der Waals surface area contributed by atoms with Gasteiger partial charge in [0.2, 0.25) is 11.6 Å². The van der Waals surface area contributed by atoms with Crippen LogP contribution in [0.15, 0.2) is 39.5 Å². The fourth-order valence-electron chi connectivity index (χ4n) is 6.77. The van der Waals surface area contributed by atoms with Gasteiger partial charge in [-0.05, 0) is 62.6 Å². The molecule has 3 aliphatic carbocycles. The smallest absolute Gasteiger partial charge is 0.430 e. The van der Waals surface area contributed by atoms with Gasteiger partial charge in [-0.1, -0.05) is 19.8 Å². The first-order valence-corrected chi connectivity index (χ1v) is 13.0. The van der Waals surface area contributed by atoms with E-state index < -0.39 is 29.5 Å². The molecule has 4 fully saturated rings. The minimum atomic E-state index is -0.896. The molecule has 2 heterocycles. The molecule has 1 aliphatic heterocycles. The van der Waals surface area contributed by atoms with Gasteiger partial charge < -0.3 is 18.6 Å². The average Bonchev–Trinajstić information content (AvgIpc) is 3.20. The molecule has 2 bridgehead atoms. The van der Waals surface area contributed by atoms with Gasteiger partial charge in [-0.25, -0.2) is 9.59 Å². The Balaban J connectivity index is 1.12. The van der Waals surface area contributed by atoms with Crippen molar-refractivity contribution in [3.63, 3.8) is 0 Å². The summed E-state index contributed by atoms with van der Waals surface area (Å²) in [7, 11) is 0. The maximum Gasteiger partial charge on any atom is 0.514 e. The van der Waals surface area contributed by atoms with E-state index in [4.69, 9.17) is 28.4 Å². The third-order valence-corrected chi connectivity index (χ3v) is 8.38. The van der Waals surface area contributed by atoms with Crippen molar-refractivity contribution in [1.82, 2.24) is 0 Å².